The minimum Gasteiger partial charge on any atom is -0.330 e. The lowest BCUT2D eigenvalue weighted by molar-refractivity contribution is 0.445. The van der Waals surface area contributed by atoms with Gasteiger partial charge in [0.2, 0.25) is 10.0 Å². The van der Waals surface area contributed by atoms with Crippen LogP contribution in [-0.2, 0) is 30.2 Å². The number of sulfonamides is 1. The smallest absolute Gasteiger partial charge is 0.243 e. The first kappa shape index (κ1) is 19.5. The largest absolute Gasteiger partial charge is 0.330 e. The molecule has 0 unspecified atom stereocenters. The Morgan fingerprint density at radius 1 is 1.00 bits per heavy atom. The Morgan fingerprint density at radius 2 is 1.67 bits per heavy atom. The Morgan fingerprint density at radius 3 is 2.30 bits per heavy atom. The lowest BCUT2D eigenvalue weighted by atomic mass is 10.2. The number of rotatable bonds is 8. The number of hydrogen-bond acceptors (Lipinski definition) is 4. The van der Waals surface area contributed by atoms with E-state index in [1.807, 2.05) is 51.2 Å². The Labute approximate surface area is 160 Å². The first-order valence-corrected chi connectivity index (χ1v) is 10.6. The number of aromatic nitrogens is 2. The van der Waals surface area contributed by atoms with E-state index in [0.717, 1.165) is 22.4 Å². The van der Waals surface area contributed by atoms with Crippen molar-refractivity contribution in [2.45, 2.75) is 31.8 Å². The summed E-state index contributed by atoms with van der Waals surface area (Å²) < 4.78 is 28.6. The lowest BCUT2D eigenvalue weighted by Gasteiger charge is -2.18. The van der Waals surface area contributed by atoms with E-state index in [2.05, 4.69) is 20.9 Å². The molecule has 144 valence electrons. The normalized spacial score (nSPS) is 12.1. The van der Waals surface area contributed by atoms with E-state index in [1.54, 1.807) is 12.1 Å². The molecule has 7 heteroatoms. The number of imidazole rings is 1. The summed E-state index contributed by atoms with van der Waals surface area (Å²) in [7, 11) is -1.39. The molecular formula is C20H26N4O2S. The van der Waals surface area contributed by atoms with Gasteiger partial charge in [0.05, 0.1) is 22.5 Å². The van der Waals surface area contributed by atoms with Crippen LogP contribution in [0.5, 0.6) is 0 Å². The molecule has 1 heterocycles. The molecule has 27 heavy (non-hydrogen) atoms. The van der Waals surface area contributed by atoms with E-state index in [0.29, 0.717) is 31.1 Å². The van der Waals surface area contributed by atoms with Gasteiger partial charge in [-0.2, -0.15) is 4.31 Å². The molecule has 1 aromatic heterocycles. The summed E-state index contributed by atoms with van der Waals surface area (Å²) in [6.45, 7) is 5.93. The van der Waals surface area contributed by atoms with Gasteiger partial charge < -0.3 is 9.88 Å². The van der Waals surface area contributed by atoms with Gasteiger partial charge in [-0.3, -0.25) is 0 Å². The number of nitrogens with zero attached hydrogens (tertiary/aromatic N) is 3. The highest BCUT2D eigenvalue weighted by Crippen LogP contribution is 2.17. The van der Waals surface area contributed by atoms with Crippen molar-refractivity contribution in [3.8, 4) is 0 Å². The van der Waals surface area contributed by atoms with Crippen molar-refractivity contribution in [3.63, 3.8) is 0 Å². The fourth-order valence-corrected chi connectivity index (χ4v) is 4.62. The molecule has 0 atom stereocenters. The number of aryl methyl sites for hydroxylation is 1. The number of benzene rings is 2. The first-order chi connectivity index (χ1) is 13.0. The van der Waals surface area contributed by atoms with Gasteiger partial charge in [-0.25, -0.2) is 13.4 Å². The molecule has 6 nitrogen and oxygen atoms in total. The summed E-state index contributed by atoms with van der Waals surface area (Å²) in [5.74, 6) is 0.969. The number of para-hydroxylation sites is 2. The maximum absolute atomic E-state index is 12.5. The van der Waals surface area contributed by atoms with Crippen LogP contribution in [0.25, 0.3) is 11.0 Å². The zero-order valence-corrected chi connectivity index (χ0v) is 16.8. The second-order valence-corrected chi connectivity index (χ2v) is 8.35. The van der Waals surface area contributed by atoms with Crippen LogP contribution in [-0.4, -0.2) is 35.4 Å². The molecule has 0 aliphatic rings. The van der Waals surface area contributed by atoms with Gasteiger partial charge >= 0.3 is 0 Å². The van der Waals surface area contributed by atoms with Crippen LogP contribution in [0.15, 0.2) is 53.4 Å². The summed E-state index contributed by atoms with van der Waals surface area (Å²) in [5, 5.41) is 3.38. The van der Waals surface area contributed by atoms with Crippen molar-refractivity contribution < 1.29 is 8.42 Å². The molecule has 2 aromatic carbocycles. The van der Waals surface area contributed by atoms with Crippen LogP contribution in [0.1, 0.15) is 25.2 Å². The van der Waals surface area contributed by atoms with Crippen LogP contribution in [0, 0.1) is 0 Å². The highest BCUT2D eigenvalue weighted by molar-refractivity contribution is 7.89. The molecular weight excluding hydrogens is 360 g/mol. The van der Waals surface area contributed by atoms with E-state index in [1.165, 1.54) is 4.31 Å². The van der Waals surface area contributed by atoms with Crippen molar-refractivity contribution in [2.24, 2.45) is 7.05 Å². The minimum absolute atomic E-state index is 0.338. The molecule has 0 spiro atoms. The Hall–Kier alpha value is -2.22. The summed E-state index contributed by atoms with van der Waals surface area (Å²) in [5.41, 5.74) is 3.13. The Kier molecular flexibility index (Phi) is 5.94. The fraction of sp³-hybridized carbons (Fsp3) is 0.350. The Bertz CT molecular complexity index is 1010. The van der Waals surface area contributed by atoms with Gasteiger partial charge in [0.25, 0.3) is 0 Å². The Balaban J connectivity index is 1.64. The van der Waals surface area contributed by atoms with Gasteiger partial charge in [-0.05, 0) is 29.8 Å². The average molecular weight is 387 g/mol. The van der Waals surface area contributed by atoms with Crippen LogP contribution in [0.3, 0.4) is 0 Å². The second kappa shape index (κ2) is 8.21. The van der Waals surface area contributed by atoms with Crippen molar-refractivity contribution in [3.05, 3.63) is 59.9 Å². The minimum atomic E-state index is -3.40. The highest BCUT2D eigenvalue weighted by atomic mass is 32.2. The molecule has 3 rings (SSSR count). The first-order valence-electron chi connectivity index (χ1n) is 9.17. The molecule has 0 bridgehead atoms. The molecule has 0 saturated carbocycles. The van der Waals surface area contributed by atoms with Crippen LogP contribution in [0.2, 0.25) is 0 Å². The zero-order chi connectivity index (χ0) is 19.4. The van der Waals surface area contributed by atoms with E-state index < -0.39 is 10.0 Å². The molecule has 0 aliphatic carbocycles. The van der Waals surface area contributed by atoms with E-state index >= 15 is 0 Å². The monoisotopic (exact) mass is 386 g/mol. The number of fused-ring (bicyclic) bond motifs is 1. The van der Waals surface area contributed by atoms with Gasteiger partial charge in [0, 0.05) is 26.7 Å². The van der Waals surface area contributed by atoms with Gasteiger partial charge in [0.1, 0.15) is 5.82 Å². The van der Waals surface area contributed by atoms with Crippen LogP contribution in [0.4, 0.5) is 0 Å². The van der Waals surface area contributed by atoms with Crippen molar-refractivity contribution >= 4 is 21.1 Å². The summed E-state index contributed by atoms with van der Waals surface area (Å²) in [6, 6.07) is 15.1. The van der Waals surface area contributed by atoms with Crippen molar-refractivity contribution in [2.75, 3.05) is 13.1 Å². The third-order valence-electron chi connectivity index (χ3n) is 4.76. The summed E-state index contributed by atoms with van der Waals surface area (Å²) in [6.07, 6.45) is 0. The molecule has 1 N–H and O–H groups in total. The van der Waals surface area contributed by atoms with E-state index in [9.17, 15) is 8.42 Å². The molecule has 0 amide bonds. The van der Waals surface area contributed by atoms with Gasteiger partial charge in [-0.1, -0.05) is 38.1 Å². The fourth-order valence-electron chi connectivity index (χ4n) is 3.16. The third-order valence-corrected chi connectivity index (χ3v) is 6.82. The predicted molar refractivity (Wildman–Crippen MR) is 108 cm³/mol. The molecule has 3 aromatic rings. The third kappa shape index (κ3) is 4.05. The molecule has 0 saturated heterocycles. The van der Waals surface area contributed by atoms with E-state index in [-0.39, 0.29) is 0 Å². The SMILES string of the molecule is CCN(CC)S(=O)(=O)c1ccc(CNCc2nc3ccccc3n2C)cc1. The predicted octanol–water partition coefficient (Wildman–Crippen LogP) is 2.89. The molecule has 0 aliphatic heterocycles. The average Bonchev–Trinajstić information content (AvgIpc) is 2.99. The zero-order valence-electron chi connectivity index (χ0n) is 16.0. The standard InChI is InChI=1S/C20H26N4O2S/c1-4-24(5-2)27(25,26)17-12-10-16(11-13-17)14-21-15-20-22-18-8-6-7-9-19(18)23(20)3/h6-13,21H,4-5,14-15H2,1-3H3. The summed E-state index contributed by atoms with van der Waals surface area (Å²) in [4.78, 5) is 4.98. The van der Waals surface area contributed by atoms with Gasteiger partial charge in [-0.15, -0.1) is 0 Å². The topological polar surface area (TPSA) is 67.2 Å². The van der Waals surface area contributed by atoms with Crippen molar-refractivity contribution in [1.82, 2.24) is 19.2 Å². The number of hydrogen-bond donors (Lipinski definition) is 1. The highest BCUT2D eigenvalue weighted by Gasteiger charge is 2.21. The quantitative estimate of drug-likeness (QED) is 0.646. The maximum Gasteiger partial charge on any atom is 0.243 e. The summed E-state index contributed by atoms with van der Waals surface area (Å²) >= 11 is 0. The van der Waals surface area contributed by atoms with Crippen molar-refractivity contribution in [1.29, 1.82) is 0 Å². The van der Waals surface area contributed by atoms with Gasteiger partial charge in [0.15, 0.2) is 0 Å². The lowest BCUT2D eigenvalue weighted by Crippen LogP contribution is -2.30. The second-order valence-electron chi connectivity index (χ2n) is 6.41. The molecule has 0 radical (unpaired) electrons. The van der Waals surface area contributed by atoms with Crippen LogP contribution >= 0.6 is 0 Å². The maximum atomic E-state index is 12.5. The number of nitrogens with one attached hydrogen (secondary N) is 1. The molecule has 0 fully saturated rings. The van der Waals surface area contributed by atoms with Crippen LogP contribution < -0.4 is 5.32 Å². The van der Waals surface area contributed by atoms with E-state index in [4.69, 9.17) is 0 Å².